The highest BCUT2D eigenvalue weighted by Gasteiger charge is 2.18. The molecule has 0 aromatic rings. The Morgan fingerprint density at radius 2 is 2.25 bits per heavy atom. The molecule has 94 valence electrons. The molecule has 1 unspecified atom stereocenters. The molecule has 16 heavy (non-hydrogen) atoms. The Morgan fingerprint density at radius 3 is 2.88 bits per heavy atom. The van der Waals surface area contributed by atoms with Crippen molar-refractivity contribution in [1.82, 2.24) is 9.80 Å². The van der Waals surface area contributed by atoms with Gasteiger partial charge in [0.25, 0.3) is 0 Å². The van der Waals surface area contributed by atoms with Crippen molar-refractivity contribution in [2.75, 3.05) is 40.3 Å². The highest BCUT2D eigenvalue weighted by atomic mass is 16.2. The van der Waals surface area contributed by atoms with Gasteiger partial charge >= 0.3 is 0 Å². The maximum absolute atomic E-state index is 11.4. The lowest BCUT2D eigenvalue weighted by molar-refractivity contribution is -0.128. The molecule has 0 spiro atoms. The van der Waals surface area contributed by atoms with Crippen LogP contribution in [-0.4, -0.2) is 56.0 Å². The summed E-state index contributed by atoms with van der Waals surface area (Å²) in [6.07, 6.45) is 4.15. The highest BCUT2D eigenvalue weighted by Crippen LogP contribution is 2.15. The summed E-state index contributed by atoms with van der Waals surface area (Å²) < 4.78 is 0. The minimum atomic E-state index is 0.229. The lowest BCUT2D eigenvalue weighted by atomic mass is 9.98. The minimum Gasteiger partial charge on any atom is -0.349 e. The highest BCUT2D eigenvalue weighted by molar-refractivity contribution is 5.75. The van der Waals surface area contributed by atoms with Crippen LogP contribution in [0.15, 0.2) is 0 Å². The van der Waals surface area contributed by atoms with Gasteiger partial charge in [-0.25, -0.2) is 0 Å². The van der Waals surface area contributed by atoms with Gasteiger partial charge < -0.3 is 15.5 Å². The van der Waals surface area contributed by atoms with E-state index in [1.54, 1.807) is 4.90 Å². The van der Waals surface area contributed by atoms with Crippen LogP contribution in [0.25, 0.3) is 0 Å². The van der Waals surface area contributed by atoms with Crippen LogP contribution in [-0.2, 0) is 4.79 Å². The lowest BCUT2D eigenvalue weighted by Gasteiger charge is -2.32. The van der Waals surface area contributed by atoms with Crippen LogP contribution in [0.3, 0.4) is 0 Å². The number of hydrogen-bond acceptors (Lipinski definition) is 3. The molecule has 1 aliphatic heterocycles. The number of amides is 1. The second-order valence-electron chi connectivity index (χ2n) is 4.94. The molecule has 1 heterocycles. The van der Waals surface area contributed by atoms with E-state index in [0.717, 1.165) is 26.1 Å². The molecule has 1 amide bonds. The second-order valence-corrected chi connectivity index (χ2v) is 4.94. The number of likely N-dealkylation sites (tertiary alicyclic amines) is 1. The molecular weight excluding hydrogens is 202 g/mol. The molecule has 1 atom stereocenters. The van der Waals surface area contributed by atoms with E-state index in [-0.39, 0.29) is 5.91 Å². The average Bonchev–Trinajstić information content (AvgIpc) is 2.29. The molecule has 4 heteroatoms. The minimum absolute atomic E-state index is 0.229. The molecule has 1 rings (SSSR count). The van der Waals surface area contributed by atoms with Gasteiger partial charge in [0.2, 0.25) is 5.91 Å². The standard InChI is InChI=1S/C12H25N3O/c1-14(2)12(16)6-4-8-15-7-3-5-11(9-13)10-15/h11H,3-10,13H2,1-2H3. The zero-order valence-electron chi connectivity index (χ0n) is 10.6. The van der Waals surface area contributed by atoms with E-state index in [9.17, 15) is 4.79 Å². The smallest absolute Gasteiger partial charge is 0.222 e. The SMILES string of the molecule is CN(C)C(=O)CCCN1CCCC(CN)C1. The summed E-state index contributed by atoms with van der Waals surface area (Å²) in [6.45, 7) is 4.13. The molecule has 4 nitrogen and oxygen atoms in total. The molecule has 1 fully saturated rings. The van der Waals surface area contributed by atoms with E-state index in [4.69, 9.17) is 5.73 Å². The third-order valence-corrected chi connectivity index (χ3v) is 3.30. The summed E-state index contributed by atoms with van der Waals surface area (Å²) in [6, 6.07) is 0. The van der Waals surface area contributed by atoms with E-state index < -0.39 is 0 Å². The molecule has 2 N–H and O–H groups in total. The molecular formula is C12H25N3O. The molecule has 0 radical (unpaired) electrons. The third-order valence-electron chi connectivity index (χ3n) is 3.30. The van der Waals surface area contributed by atoms with Gasteiger partial charge in [0, 0.05) is 27.1 Å². The molecule has 0 saturated carbocycles. The number of nitrogens with zero attached hydrogens (tertiary/aromatic N) is 2. The number of hydrogen-bond donors (Lipinski definition) is 1. The van der Waals surface area contributed by atoms with Gasteiger partial charge in [0.15, 0.2) is 0 Å². The Bertz CT molecular complexity index is 218. The van der Waals surface area contributed by atoms with Crippen LogP contribution in [0.4, 0.5) is 0 Å². The Hall–Kier alpha value is -0.610. The second kappa shape index (κ2) is 6.86. The molecule has 0 aromatic carbocycles. The number of rotatable bonds is 5. The average molecular weight is 227 g/mol. The van der Waals surface area contributed by atoms with Crippen molar-refractivity contribution in [1.29, 1.82) is 0 Å². The van der Waals surface area contributed by atoms with Crippen molar-refractivity contribution in [2.45, 2.75) is 25.7 Å². The van der Waals surface area contributed by atoms with Gasteiger partial charge in [0.05, 0.1) is 0 Å². The normalized spacial score (nSPS) is 22.1. The van der Waals surface area contributed by atoms with Gasteiger partial charge in [-0.1, -0.05) is 0 Å². The van der Waals surface area contributed by atoms with Gasteiger partial charge in [0.1, 0.15) is 0 Å². The fourth-order valence-electron chi connectivity index (χ4n) is 2.22. The van der Waals surface area contributed by atoms with Crippen molar-refractivity contribution >= 4 is 5.91 Å². The summed E-state index contributed by atoms with van der Waals surface area (Å²) in [5, 5.41) is 0. The quantitative estimate of drug-likeness (QED) is 0.745. The van der Waals surface area contributed by atoms with Crippen LogP contribution in [0.5, 0.6) is 0 Å². The Balaban J connectivity index is 2.15. The van der Waals surface area contributed by atoms with Crippen LogP contribution in [0.2, 0.25) is 0 Å². The predicted octanol–water partition coefficient (Wildman–Crippen LogP) is 0.526. The van der Waals surface area contributed by atoms with E-state index in [1.807, 2.05) is 14.1 Å². The maximum Gasteiger partial charge on any atom is 0.222 e. The molecule has 1 aliphatic rings. The van der Waals surface area contributed by atoms with Crippen LogP contribution in [0.1, 0.15) is 25.7 Å². The Kier molecular flexibility index (Phi) is 5.77. The van der Waals surface area contributed by atoms with Crippen LogP contribution < -0.4 is 5.73 Å². The van der Waals surface area contributed by atoms with Crippen LogP contribution in [0, 0.1) is 5.92 Å². The van der Waals surface area contributed by atoms with Gasteiger partial charge in [-0.3, -0.25) is 4.79 Å². The monoisotopic (exact) mass is 227 g/mol. The zero-order valence-corrected chi connectivity index (χ0v) is 10.6. The van der Waals surface area contributed by atoms with Crippen molar-refractivity contribution in [2.24, 2.45) is 11.7 Å². The zero-order chi connectivity index (χ0) is 12.0. The predicted molar refractivity (Wildman–Crippen MR) is 66.1 cm³/mol. The maximum atomic E-state index is 11.4. The first kappa shape index (κ1) is 13.5. The number of piperidine rings is 1. The fourth-order valence-corrected chi connectivity index (χ4v) is 2.22. The molecule has 0 bridgehead atoms. The first-order valence-electron chi connectivity index (χ1n) is 6.26. The summed E-state index contributed by atoms with van der Waals surface area (Å²) in [5.41, 5.74) is 5.69. The van der Waals surface area contributed by atoms with E-state index in [2.05, 4.69) is 4.90 Å². The van der Waals surface area contributed by atoms with Crippen molar-refractivity contribution < 1.29 is 4.79 Å². The Labute approximate surface area is 98.8 Å². The summed E-state index contributed by atoms with van der Waals surface area (Å²) >= 11 is 0. The number of carbonyl (C=O) groups is 1. The van der Waals surface area contributed by atoms with E-state index >= 15 is 0 Å². The van der Waals surface area contributed by atoms with E-state index in [0.29, 0.717) is 12.3 Å². The largest absolute Gasteiger partial charge is 0.349 e. The molecule has 0 aromatic heterocycles. The summed E-state index contributed by atoms with van der Waals surface area (Å²) in [4.78, 5) is 15.5. The first-order valence-corrected chi connectivity index (χ1v) is 6.26. The van der Waals surface area contributed by atoms with E-state index in [1.165, 1.54) is 19.4 Å². The van der Waals surface area contributed by atoms with Gasteiger partial charge in [-0.15, -0.1) is 0 Å². The Morgan fingerprint density at radius 1 is 1.50 bits per heavy atom. The van der Waals surface area contributed by atoms with Crippen molar-refractivity contribution in [3.05, 3.63) is 0 Å². The van der Waals surface area contributed by atoms with Gasteiger partial charge in [-0.2, -0.15) is 0 Å². The lowest BCUT2D eigenvalue weighted by Crippen LogP contribution is -2.39. The van der Waals surface area contributed by atoms with Crippen molar-refractivity contribution in [3.63, 3.8) is 0 Å². The number of carbonyl (C=O) groups excluding carboxylic acids is 1. The third kappa shape index (κ3) is 4.49. The topological polar surface area (TPSA) is 49.6 Å². The van der Waals surface area contributed by atoms with Gasteiger partial charge in [-0.05, 0) is 44.8 Å². The van der Waals surface area contributed by atoms with Crippen molar-refractivity contribution in [3.8, 4) is 0 Å². The summed E-state index contributed by atoms with van der Waals surface area (Å²) in [7, 11) is 3.63. The molecule has 1 saturated heterocycles. The fraction of sp³-hybridized carbons (Fsp3) is 0.917. The summed E-state index contributed by atoms with van der Waals surface area (Å²) in [5.74, 6) is 0.894. The van der Waals surface area contributed by atoms with Crippen LogP contribution >= 0.6 is 0 Å². The number of nitrogens with two attached hydrogens (primary N) is 1. The first-order chi connectivity index (χ1) is 7.63. The molecule has 0 aliphatic carbocycles.